The summed E-state index contributed by atoms with van der Waals surface area (Å²) in [6.45, 7) is 6.64. The van der Waals surface area contributed by atoms with Gasteiger partial charge in [0.05, 0.1) is 5.75 Å². The van der Waals surface area contributed by atoms with E-state index < -0.39 is 45.8 Å². The number of esters is 1. The van der Waals surface area contributed by atoms with Gasteiger partial charge in [-0.2, -0.15) is 0 Å². The van der Waals surface area contributed by atoms with Crippen LogP contribution in [0.25, 0.3) is 0 Å². The van der Waals surface area contributed by atoms with Crippen molar-refractivity contribution in [3.05, 3.63) is 35.4 Å². The van der Waals surface area contributed by atoms with Gasteiger partial charge >= 0.3 is 5.97 Å². The van der Waals surface area contributed by atoms with Crippen LogP contribution in [0.1, 0.15) is 43.1 Å². The highest BCUT2D eigenvalue weighted by atomic mass is 32.2. The summed E-state index contributed by atoms with van der Waals surface area (Å²) in [5.41, 5.74) is 0.711. The Labute approximate surface area is 165 Å². The molecule has 0 aliphatic heterocycles. The summed E-state index contributed by atoms with van der Waals surface area (Å²) in [6, 6.07) is 5.55. The fourth-order valence-corrected chi connectivity index (χ4v) is 2.96. The SMILES string of the molecule is Cc1cccc(C(=O)N[C@H](CCS(C)(=O)=O)C(=O)OCC(=O)NC(C)(C)C)c1. The zero-order chi connectivity index (χ0) is 21.5. The van der Waals surface area contributed by atoms with Gasteiger partial charge in [-0.1, -0.05) is 17.7 Å². The highest BCUT2D eigenvalue weighted by Crippen LogP contribution is 2.07. The van der Waals surface area contributed by atoms with E-state index in [0.717, 1.165) is 11.8 Å². The van der Waals surface area contributed by atoms with Gasteiger partial charge in [0.2, 0.25) is 0 Å². The van der Waals surface area contributed by atoms with Crippen LogP contribution in [0, 0.1) is 6.92 Å². The van der Waals surface area contributed by atoms with Gasteiger partial charge in [-0.15, -0.1) is 0 Å². The topological polar surface area (TPSA) is 119 Å². The van der Waals surface area contributed by atoms with Crippen molar-refractivity contribution in [2.45, 2.75) is 45.7 Å². The summed E-state index contributed by atoms with van der Waals surface area (Å²) < 4.78 is 27.9. The molecule has 0 aliphatic carbocycles. The van der Waals surface area contributed by atoms with E-state index in [4.69, 9.17) is 4.74 Å². The van der Waals surface area contributed by atoms with Gasteiger partial charge < -0.3 is 15.4 Å². The highest BCUT2D eigenvalue weighted by Gasteiger charge is 2.25. The van der Waals surface area contributed by atoms with Crippen LogP contribution in [0.2, 0.25) is 0 Å². The number of hydrogen-bond acceptors (Lipinski definition) is 6. The molecule has 0 spiro atoms. The number of rotatable bonds is 8. The standard InChI is InChI=1S/C19H28N2O6S/c1-13-7-6-8-14(11-13)17(23)20-15(9-10-28(5,25)26)18(24)27-12-16(22)21-19(2,3)4/h6-8,11,15H,9-10,12H2,1-5H3,(H,20,23)(H,21,22)/t15-/m1/s1. The van der Waals surface area contributed by atoms with Crippen molar-refractivity contribution >= 4 is 27.6 Å². The van der Waals surface area contributed by atoms with Crippen molar-refractivity contribution in [2.24, 2.45) is 0 Å². The van der Waals surface area contributed by atoms with Crippen LogP contribution in [0.3, 0.4) is 0 Å². The van der Waals surface area contributed by atoms with Gasteiger partial charge in [0.25, 0.3) is 11.8 Å². The second kappa shape index (κ2) is 9.68. The van der Waals surface area contributed by atoms with Gasteiger partial charge in [0.1, 0.15) is 15.9 Å². The smallest absolute Gasteiger partial charge is 0.329 e. The Morgan fingerprint density at radius 1 is 1.18 bits per heavy atom. The normalized spacial score (nSPS) is 12.8. The largest absolute Gasteiger partial charge is 0.454 e. The van der Waals surface area contributed by atoms with E-state index in [1.165, 1.54) is 0 Å². The van der Waals surface area contributed by atoms with Crippen molar-refractivity contribution in [1.29, 1.82) is 0 Å². The van der Waals surface area contributed by atoms with Gasteiger partial charge in [-0.3, -0.25) is 9.59 Å². The van der Waals surface area contributed by atoms with Crippen LogP contribution in [0.5, 0.6) is 0 Å². The molecule has 2 amide bonds. The highest BCUT2D eigenvalue weighted by molar-refractivity contribution is 7.90. The zero-order valence-corrected chi connectivity index (χ0v) is 17.7. The first-order valence-electron chi connectivity index (χ1n) is 8.80. The Morgan fingerprint density at radius 3 is 2.36 bits per heavy atom. The first-order valence-corrected chi connectivity index (χ1v) is 10.9. The lowest BCUT2D eigenvalue weighted by Gasteiger charge is -2.21. The second-order valence-corrected chi connectivity index (χ2v) is 9.98. The molecule has 1 aromatic carbocycles. The first kappa shape index (κ1) is 23.6. The molecule has 156 valence electrons. The van der Waals surface area contributed by atoms with Gasteiger partial charge in [-0.05, 0) is 46.2 Å². The molecule has 1 atom stereocenters. The van der Waals surface area contributed by atoms with Crippen LogP contribution in [0.4, 0.5) is 0 Å². The van der Waals surface area contributed by atoms with Crippen LogP contribution in [0.15, 0.2) is 24.3 Å². The van der Waals surface area contributed by atoms with Crippen LogP contribution >= 0.6 is 0 Å². The minimum absolute atomic E-state index is 0.157. The van der Waals surface area contributed by atoms with E-state index in [2.05, 4.69) is 10.6 Å². The van der Waals surface area contributed by atoms with Crippen molar-refractivity contribution in [3.63, 3.8) is 0 Å². The predicted octanol–water partition coefficient (Wildman–Crippen LogP) is 0.986. The molecule has 0 fully saturated rings. The number of amides is 2. The van der Waals surface area contributed by atoms with E-state index in [-0.39, 0.29) is 12.2 Å². The molecule has 2 N–H and O–H groups in total. The molecule has 1 aromatic rings. The molecule has 0 unspecified atom stereocenters. The Hall–Kier alpha value is -2.42. The third-order valence-corrected chi connectivity index (χ3v) is 4.48. The van der Waals surface area contributed by atoms with Gasteiger partial charge in [0.15, 0.2) is 6.61 Å². The third-order valence-electron chi connectivity index (χ3n) is 3.51. The number of ether oxygens (including phenoxy) is 1. The number of carbonyl (C=O) groups is 3. The minimum Gasteiger partial charge on any atom is -0.454 e. The summed E-state index contributed by atoms with van der Waals surface area (Å²) in [6.07, 6.45) is 0.880. The average Bonchev–Trinajstić information content (AvgIpc) is 2.53. The maximum Gasteiger partial charge on any atom is 0.329 e. The first-order chi connectivity index (χ1) is 12.8. The maximum absolute atomic E-state index is 12.4. The van der Waals surface area contributed by atoms with Crippen molar-refractivity contribution in [1.82, 2.24) is 10.6 Å². The maximum atomic E-state index is 12.4. The summed E-state index contributed by atoms with van der Waals surface area (Å²) in [7, 11) is -3.35. The molecule has 0 saturated carbocycles. The van der Waals surface area contributed by atoms with E-state index in [9.17, 15) is 22.8 Å². The van der Waals surface area contributed by atoms with Crippen molar-refractivity contribution in [2.75, 3.05) is 18.6 Å². The Morgan fingerprint density at radius 2 is 1.82 bits per heavy atom. The fourth-order valence-electron chi connectivity index (χ4n) is 2.30. The summed E-state index contributed by atoms with van der Waals surface area (Å²) >= 11 is 0. The molecule has 9 heteroatoms. The molecule has 8 nitrogen and oxygen atoms in total. The van der Waals surface area contributed by atoms with Crippen LogP contribution in [-0.2, 0) is 24.2 Å². The average molecular weight is 413 g/mol. The summed E-state index contributed by atoms with van der Waals surface area (Å²) in [5.74, 6) is -2.20. The molecule has 0 bridgehead atoms. The molecular weight excluding hydrogens is 384 g/mol. The minimum atomic E-state index is -3.35. The summed E-state index contributed by atoms with van der Waals surface area (Å²) in [4.78, 5) is 36.6. The molecule has 1 rings (SSSR count). The summed E-state index contributed by atoms with van der Waals surface area (Å²) in [5, 5.41) is 5.14. The molecule has 0 saturated heterocycles. The lowest BCUT2D eigenvalue weighted by atomic mass is 10.1. The zero-order valence-electron chi connectivity index (χ0n) is 16.9. The number of carbonyl (C=O) groups excluding carboxylic acids is 3. The number of sulfone groups is 1. The molecule has 0 radical (unpaired) electrons. The van der Waals surface area contributed by atoms with Gasteiger partial charge in [0, 0.05) is 17.4 Å². The third kappa shape index (κ3) is 9.50. The number of aryl methyl sites for hydroxylation is 1. The van der Waals surface area contributed by atoms with Crippen molar-refractivity contribution in [3.8, 4) is 0 Å². The molecule has 28 heavy (non-hydrogen) atoms. The number of hydrogen-bond donors (Lipinski definition) is 2. The van der Waals surface area contributed by atoms with E-state index in [1.807, 2.05) is 13.0 Å². The molecular formula is C19H28N2O6S. The fraction of sp³-hybridized carbons (Fsp3) is 0.526. The van der Waals surface area contributed by atoms with E-state index >= 15 is 0 Å². The lowest BCUT2D eigenvalue weighted by Crippen LogP contribution is -2.46. The van der Waals surface area contributed by atoms with Gasteiger partial charge in [-0.25, -0.2) is 13.2 Å². The van der Waals surface area contributed by atoms with E-state index in [0.29, 0.717) is 5.56 Å². The predicted molar refractivity (Wildman–Crippen MR) is 106 cm³/mol. The Kier molecular flexibility index (Phi) is 8.16. The lowest BCUT2D eigenvalue weighted by molar-refractivity contribution is -0.150. The quantitative estimate of drug-likeness (QED) is 0.615. The van der Waals surface area contributed by atoms with Crippen LogP contribution in [-0.4, -0.2) is 56.4 Å². The molecule has 0 aromatic heterocycles. The van der Waals surface area contributed by atoms with Crippen molar-refractivity contribution < 1.29 is 27.5 Å². The monoisotopic (exact) mass is 412 g/mol. The molecule has 0 aliphatic rings. The van der Waals surface area contributed by atoms with E-state index in [1.54, 1.807) is 39.0 Å². The Balaban J connectivity index is 2.81. The molecule has 0 heterocycles. The second-order valence-electron chi connectivity index (χ2n) is 7.72. The Bertz CT molecular complexity index is 827. The number of nitrogens with one attached hydrogen (secondary N) is 2. The van der Waals surface area contributed by atoms with Crippen LogP contribution < -0.4 is 10.6 Å². The number of benzene rings is 1.